The quantitative estimate of drug-likeness (QED) is 0.392. The van der Waals surface area contributed by atoms with Crippen molar-refractivity contribution in [1.29, 1.82) is 0 Å². The van der Waals surface area contributed by atoms with Gasteiger partial charge in [0.2, 0.25) is 0 Å². The standard InChI is InChI=1S/C24H27NO6/c1-5-6-13-25-21(18-12-11-17(30-3)14-19(18)31-4)20(23(27)24(25)28)22(26)15-7-9-16(29-2)10-8-15/h7-12,14,21,26H,5-6,13H2,1-4H3/b22-20+/t21-/m0/s1. The highest BCUT2D eigenvalue weighted by atomic mass is 16.5. The van der Waals surface area contributed by atoms with Crippen LogP contribution in [0.3, 0.4) is 0 Å². The smallest absolute Gasteiger partial charge is 0.295 e. The van der Waals surface area contributed by atoms with E-state index >= 15 is 0 Å². The molecule has 164 valence electrons. The van der Waals surface area contributed by atoms with Gasteiger partial charge < -0.3 is 24.2 Å². The fourth-order valence-corrected chi connectivity index (χ4v) is 3.71. The molecule has 0 radical (unpaired) electrons. The monoisotopic (exact) mass is 425 g/mol. The lowest BCUT2D eigenvalue weighted by Gasteiger charge is -2.26. The maximum Gasteiger partial charge on any atom is 0.295 e. The number of hydrogen-bond donors (Lipinski definition) is 1. The number of ether oxygens (including phenoxy) is 3. The van der Waals surface area contributed by atoms with E-state index in [0.29, 0.717) is 34.9 Å². The molecule has 1 fully saturated rings. The number of carbonyl (C=O) groups is 2. The number of methoxy groups -OCH3 is 3. The van der Waals surface area contributed by atoms with Gasteiger partial charge in [-0.15, -0.1) is 0 Å². The van der Waals surface area contributed by atoms with Crippen molar-refractivity contribution in [3.63, 3.8) is 0 Å². The molecule has 0 aliphatic carbocycles. The van der Waals surface area contributed by atoms with Crippen LogP contribution < -0.4 is 14.2 Å². The molecular weight excluding hydrogens is 398 g/mol. The van der Waals surface area contributed by atoms with Crippen LogP contribution >= 0.6 is 0 Å². The number of rotatable bonds is 8. The summed E-state index contributed by atoms with van der Waals surface area (Å²) in [6, 6.07) is 11.1. The van der Waals surface area contributed by atoms with E-state index in [9.17, 15) is 14.7 Å². The summed E-state index contributed by atoms with van der Waals surface area (Å²) in [6.07, 6.45) is 1.58. The largest absolute Gasteiger partial charge is 0.507 e. The first-order valence-corrected chi connectivity index (χ1v) is 10.1. The Kier molecular flexibility index (Phi) is 6.84. The third-order valence-corrected chi connectivity index (χ3v) is 5.39. The normalized spacial score (nSPS) is 17.7. The molecule has 0 saturated carbocycles. The lowest BCUT2D eigenvalue weighted by Crippen LogP contribution is -2.30. The van der Waals surface area contributed by atoms with Crippen molar-refractivity contribution in [2.75, 3.05) is 27.9 Å². The molecule has 1 N–H and O–H groups in total. The van der Waals surface area contributed by atoms with Crippen LogP contribution in [0.4, 0.5) is 0 Å². The van der Waals surface area contributed by atoms with E-state index in [1.54, 1.807) is 56.7 Å². The summed E-state index contributed by atoms with van der Waals surface area (Å²) < 4.78 is 16.0. The summed E-state index contributed by atoms with van der Waals surface area (Å²) in [5.74, 6) is 0.0875. The number of aliphatic hydroxyl groups excluding tert-OH is 1. The van der Waals surface area contributed by atoms with Crippen LogP contribution in [-0.4, -0.2) is 49.6 Å². The number of carbonyl (C=O) groups excluding carboxylic acids is 2. The van der Waals surface area contributed by atoms with Crippen LogP contribution in [0.2, 0.25) is 0 Å². The average Bonchev–Trinajstić information content (AvgIpc) is 3.06. The lowest BCUT2D eigenvalue weighted by molar-refractivity contribution is -0.139. The molecule has 3 rings (SSSR count). The van der Waals surface area contributed by atoms with Crippen molar-refractivity contribution in [3.8, 4) is 17.2 Å². The Morgan fingerprint density at radius 3 is 2.19 bits per heavy atom. The zero-order chi connectivity index (χ0) is 22.5. The van der Waals surface area contributed by atoms with Crippen molar-refractivity contribution in [2.24, 2.45) is 0 Å². The van der Waals surface area contributed by atoms with Gasteiger partial charge in [0.15, 0.2) is 0 Å². The Morgan fingerprint density at radius 2 is 1.61 bits per heavy atom. The second-order valence-electron chi connectivity index (χ2n) is 7.18. The SMILES string of the molecule is CCCCN1C(=O)C(=O)/C(=C(/O)c2ccc(OC)cc2)[C@@H]1c1ccc(OC)cc1OC. The number of ketones is 1. The minimum Gasteiger partial charge on any atom is -0.507 e. The molecule has 7 nitrogen and oxygen atoms in total. The molecule has 1 saturated heterocycles. The van der Waals surface area contributed by atoms with Crippen molar-refractivity contribution in [2.45, 2.75) is 25.8 Å². The van der Waals surface area contributed by atoms with Crippen molar-refractivity contribution < 1.29 is 28.9 Å². The molecule has 0 spiro atoms. The van der Waals surface area contributed by atoms with E-state index in [4.69, 9.17) is 14.2 Å². The van der Waals surface area contributed by atoms with Gasteiger partial charge in [-0.2, -0.15) is 0 Å². The van der Waals surface area contributed by atoms with E-state index in [2.05, 4.69) is 0 Å². The summed E-state index contributed by atoms with van der Waals surface area (Å²) in [5, 5.41) is 11.1. The molecule has 7 heteroatoms. The van der Waals surface area contributed by atoms with Gasteiger partial charge in [-0.25, -0.2) is 0 Å². The average molecular weight is 425 g/mol. The third-order valence-electron chi connectivity index (χ3n) is 5.39. The maximum atomic E-state index is 13.0. The molecular formula is C24H27NO6. The Bertz CT molecular complexity index is 996. The zero-order valence-corrected chi connectivity index (χ0v) is 18.2. The molecule has 0 unspecified atom stereocenters. The number of amides is 1. The van der Waals surface area contributed by atoms with E-state index in [0.717, 1.165) is 12.8 Å². The Hall–Kier alpha value is -3.48. The highest BCUT2D eigenvalue weighted by molar-refractivity contribution is 6.46. The number of unbranched alkanes of at least 4 members (excludes halogenated alkanes) is 1. The Labute approximate surface area is 181 Å². The zero-order valence-electron chi connectivity index (χ0n) is 18.2. The third kappa shape index (κ3) is 4.21. The second-order valence-corrected chi connectivity index (χ2v) is 7.18. The van der Waals surface area contributed by atoms with Crippen LogP contribution in [0, 0.1) is 0 Å². The van der Waals surface area contributed by atoms with Crippen LogP contribution in [0.5, 0.6) is 17.2 Å². The molecule has 1 heterocycles. The highest BCUT2D eigenvalue weighted by Crippen LogP contribution is 2.43. The van der Waals surface area contributed by atoms with Crippen LogP contribution in [-0.2, 0) is 9.59 Å². The highest BCUT2D eigenvalue weighted by Gasteiger charge is 2.46. The van der Waals surface area contributed by atoms with Crippen LogP contribution in [0.15, 0.2) is 48.0 Å². The first kappa shape index (κ1) is 22.2. The summed E-state index contributed by atoms with van der Waals surface area (Å²) in [6.45, 7) is 2.40. The van der Waals surface area contributed by atoms with Gasteiger partial charge in [-0.3, -0.25) is 9.59 Å². The van der Waals surface area contributed by atoms with Gasteiger partial charge in [-0.1, -0.05) is 13.3 Å². The van der Waals surface area contributed by atoms with Gasteiger partial charge in [0.1, 0.15) is 23.0 Å². The predicted octanol–water partition coefficient (Wildman–Crippen LogP) is 3.93. The van der Waals surface area contributed by atoms with Gasteiger partial charge >= 0.3 is 0 Å². The molecule has 1 aliphatic rings. The number of likely N-dealkylation sites (tertiary alicyclic amines) is 1. The fourth-order valence-electron chi connectivity index (χ4n) is 3.71. The minimum absolute atomic E-state index is 0.0368. The van der Waals surface area contributed by atoms with Crippen molar-refractivity contribution in [3.05, 3.63) is 59.2 Å². The van der Waals surface area contributed by atoms with E-state index < -0.39 is 17.7 Å². The predicted molar refractivity (Wildman–Crippen MR) is 116 cm³/mol. The molecule has 1 aliphatic heterocycles. The topological polar surface area (TPSA) is 85.3 Å². The number of hydrogen-bond acceptors (Lipinski definition) is 6. The molecule has 31 heavy (non-hydrogen) atoms. The van der Waals surface area contributed by atoms with Crippen LogP contribution in [0.1, 0.15) is 36.9 Å². The lowest BCUT2D eigenvalue weighted by atomic mass is 9.94. The van der Waals surface area contributed by atoms with Crippen molar-refractivity contribution >= 4 is 17.4 Å². The van der Waals surface area contributed by atoms with Crippen molar-refractivity contribution in [1.82, 2.24) is 4.90 Å². The molecule has 0 aromatic heterocycles. The summed E-state index contributed by atoms with van der Waals surface area (Å²) in [7, 11) is 4.61. The summed E-state index contributed by atoms with van der Waals surface area (Å²) in [5.41, 5.74) is 1.06. The molecule has 1 amide bonds. The van der Waals surface area contributed by atoms with Crippen LogP contribution in [0.25, 0.3) is 5.76 Å². The van der Waals surface area contributed by atoms with Gasteiger partial charge in [0.25, 0.3) is 11.7 Å². The number of Topliss-reactive ketones (excluding diaryl/α,β-unsaturated/α-hetero) is 1. The Morgan fingerprint density at radius 1 is 0.968 bits per heavy atom. The first-order chi connectivity index (χ1) is 15.0. The summed E-state index contributed by atoms with van der Waals surface area (Å²) >= 11 is 0. The Balaban J connectivity index is 2.19. The molecule has 2 aromatic carbocycles. The maximum absolute atomic E-state index is 13.0. The van der Waals surface area contributed by atoms with E-state index in [-0.39, 0.29) is 11.3 Å². The summed E-state index contributed by atoms with van der Waals surface area (Å²) in [4.78, 5) is 27.4. The molecule has 1 atom stereocenters. The van der Waals surface area contributed by atoms with E-state index in [1.807, 2.05) is 6.92 Å². The number of benzene rings is 2. The molecule has 2 aromatic rings. The number of nitrogens with zero attached hydrogens (tertiary/aromatic N) is 1. The van der Waals surface area contributed by atoms with E-state index in [1.165, 1.54) is 12.0 Å². The van der Waals surface area contributed by atoms with Gasteiger partial charge in [0.05, 0.1) is 32.9 Å². The minimum atomic E-state index is -0.769. The molecule has 0 bridgehead atoms. The van der Waals surface area contributed by atoms with Gasteiger partial charge in [-0.05, 0) is 42.8 Å². The first-order valence-electron chi connectivity index (χ1n) is 10.1. The fraction of sp³-hybridized carbons (Fsp3) is 0.333. The number of aliphatic hydroxyl groups is 1. The second kappa shape index (κ2) is 9.55. The van der Waals surface area contributed by atoms with Gasteiger partial charge in [0, 0.05) is 23.7 Å².